The molecule has 0 aliphatic heterocycles. The molecular formula is C10H10F3N5O2S. The minimum atomic E-state index is -4.45. The molecule has 0 unspecified atom stereocenters. The smallest absolute Gasteiger partial charge is 0.188 e. The van der Waals surface area contributed by atoms with E-state index in [-0.39, 0.29) is 11.4 Å². The predicted octanol–water partition coefficient (Wildman–Crippen LogP) is 1.01. The van der Waals surface area contributed by atoms with Crippen LogP contribution < -0.4 is 0 Å². The molecular weight excluding hydrogens is 311 g/mol. The average Bonchev–Trinajstić information content (AvgIpc) is 2.88. The molecule has 0 radical (unpaired) electrons. The predicted molar refractivity (Wildman–Crippen MR) is 66.3 cm³/mol. The first-order valence-corrected chi connectivity index (χ1v) is 6.93. The summed E-state index contributed by atoms with van der Waals surface area (Å²) >= 11 is 0. The van der Waals surface area contributed by atoms with Gasteiger partial charge in [-0.05, 0) is 21.5 Å². The minimum Gasteiger partial charge on any atom is -0.188 e. The van der Waals surface area contributed by atoms with Gasteiger partial charge in [-0.3, -0.25) is 0 Å². The fourth-order valence-electron chi connectivity index (χ4n) is 1.37. The van der Waals surface area contributed by atoms with Gasteiger partial charge < -0.3 is 0 Å². The van der Waals surface area contributed by atoms with Gasteiger partial charge in [-0.2, -0.15) is 25.9 Å². The lowest BCUT2D eigenvalue weighted by Crippen LogP contribution is -2.30. The highest BCUT2D eigenvalue weighted by atomic mass is 32.2. The molecule has 0 amide bonds. The number of hydrogen-bond donors (Lipinski definition) is 0. The van der Waals surface area contributed by atoms with Crippen molar-refractivity contribution in [1.82, 2.24) is 23.9 Å². The largest absolute Gasteiger partial charge is 0.416 e. The van der Waals surface area contributed by atoms with Crippen molar-refractivity contribution in [1.29, 1.82) is 0 Å². The molecule has 21 heavy (non-hydrogen) atoms. The zero-order chi connectivity index (χ0) is 15.8. The van der Waals surface area contributed by atoms with E-state index in [1.54, 1.807) is 0 Å². The molecule has 0 saturated heterocycles. The quantitative estimate of drug-likeness (QED) is 0.843. The third kappa shape index (κ3) is 3.03. The minimum absolute atomic E-state index is 0.0888. The Morgan fingerprint density at radius 2 is 1.71 bits per heavy atom. The van der Waals surface area contributed by atoms with E-state index in [1.807, 2.05) is 0 Å². The van der Waals surface area contributed by atoms with Gasteiger partial charge in [-0.1, -0.05) is 12.1 Å². The molecule has 0 N–H and O–H groups in total. The Bertz CT molecular complexity index is 737. The summed E-state index contributed by atoms with van der Waals surface area (Å²) in [6.45, 7) is 0. The summed E-state index contributed by atoms with van der Waals surface area (Å²) in [5, 5.41) is 10.6. The molecule has 114 valence electrons. The highest BCUT2D eigenvalue weighted by Crippen LogP contribution is 2.30. The summed E-state index contributed by atoms with van der Waals surface area (Å²) in [6.07, 6.45) is -4.45. The van der Waals surface area contributed by atoms with Crippen molar-refractivity contribution in [3.05, 3.63) is 29.8 Å². The summed E-state index contributed by atoms with van der Waals surface area (Å²) in [7, 11) is -1.33. The SMILES string of the molecule is CN(C)S(=O)(=O)n1nnc(-c2ccc(C(F)(F)F)cc2)n1. The molecule has 1 aromatic carbocycles. The van der Waals surface area contributed by atoms with Crippen molar-refractivity contribution in [3.8, 4) is 11.4 Å². The van der Waals surface area contributed by atoms with E-state index in [4.69, 9.17) is 0 Å². The van der Waals surface area contributed by atoms with Gasteiger partial charge in [-0.25, -0.2) is 0 Å². The zero-order valence-corrected chi connectivity index (χ0v) is 11.7. The first-order chi connectivity index (χ1) is 9.62. The molecule has 2 aromatic rings. The van der Waals surface area contributed by atoms with Gasteiger partial charge in [0.2, 0.25) is 5.82 Å². The second-order valence-corrected chi connectivity index (χ2v) is 6.15. The van der Waals surface area contributed by atoms with Crippen molar-refractivity contribution >= 4 is 10.2 Å². The normalized spacial score (nSPS) is 12.9. The summed E-state index contributed by atoms with van der Waals surface area (Å²) in [6, 6.07) is 4.01. The van der Waals surface area contributed by atoms with Gasteiger partial charge >= 0.3 is 16.4 Å². The van der Waals surface area contributed by atoms with Crippen LogP contribution >= 0.6 is 0 Å². The van der Waals surface area contributed by atoms with E-state index in [0.717, 1.165) is 28.6 Å². The topological polar surface area (TPSA) is 81.0 Å². The summed E-state index contributed by atoms with van der Waals surface area (Å²) in [4.78, 5) is 0. The van der Waals surface area contributed by atoms with E-state index < -0.39 is 21.9 Å². The lowest BCUT2D eigenvalue weighted by molar-refractivity contribution is -0.137. The number of alkyl halides is 3. The van der Waals surface area contributed by atoms with Crippen LogP contribution in [0.1, 0.15) is 5.56 Å². The second kappa shape index (κ2) is 5.07. The van der Waals surface area contributed by atoms with Crippen LogP contribution in [0.25, 0.3) is 11.4 Å². The molecule has 7 nitrogen and oxygen atoms in total. The highest BCUT2D eigenvalue weighted by Gasteiger charge is 2.30. The maximum atomic E-state index is 12.4. The maximum Gasteiger partial charge on any atom is 0.416 e. The van der Waals surface area contributed by atoms with Crippen LogP contribution in [0.3, 0.4) is 0 Å². The number of rotatable bonds is 3. The van der Waals surface area contributed by atoms with Crippen LogP contribution in [-0.4, -0.2) is 46.4 Å². The van der Waals surface area contributed by atoms with Crippen LogP contribution in [0, 0.1) is 0 Å². The summed E-state index contributed by atoms with van der Waals surface area (Å²) < 4.78 is 62.1. The Kier molecular flexibility index (Phi) is 3.72. The molecule has 0 fully saturated rings. The molecule has 0 bridgehead atoms. The molecule has 1 aromatic heterocycles. The first kappa shape index (κ1) is 15.4. The molecule has 0 aliphatic rings. The molecule has 0 saturated carbocycles. The van der Waals surface area contributed by atoms with Crippen molar-refractivity contribution in [3.63, 3.8) is 0 Å². The van der Waals surface area contributed by atoms with Crippen molar-refractivity contribution in [2.24, 2.45) is 0 Å². The number of benzene rings is 1. The van der Waals surface area contributed by atoms with Crippen LogP contribution in [-0.2, 0) is 16.4 Å². The molecule has 0 spiro atoms. The summed E-state index contributed by atoms with van der Waals surface area (Å²) in [5.41, 5.74) is -0.595. The van der Waals surface area contributed by atoms with Gasteiger partial charge in [0.1, 0.15) is 0 Å². The monoisotopic (exact) mass is 321 g/mol. The third-order valence-electron chi connectivity index (χ3n) is 2.53. The third-order valence-corrected chi connectivity index (χ3v) is 4.02. The average molecular weight is 321 g/mol. The van der Waals surface area contributed by atoms with Crippen LogP contribution in [0.4, 0.5) is 13.2 Å². The number of halogens is 3. The van der Waals surface area contributed by atoms with Gasteiger partial charge in [-0.15, -0.1) is 10.2 Å². The lowest BCUT2D eigenvalue weighted by atomic mass is 10.1. The first-order valence-electron chi connectivity index (χ1n) is 5.53. The number of nitrogens with zero attached hydrogens (tertiary/aromatic N) is 5. The Morgan fingerprint density at radius 3 is 2.19 bits per heavy atom. The van der Waals surface area contributed by atoms with Crippen molar-refractivity contribution < 1.29 is 21.6 Å². The van der Waals surface area contributed by atoms with Gasteiger partial charge in [0, 0.05) is 19.7 Å². The van der Waals surface area contributed by atoms with Gasteiger partial charge in [0.25, 0.3) is 0 Å². The van der Waals surface area contributed by atoms with Crippen molar-refractivity contribution in [2.75, 3.05) is 14.1 Å². The molecule has 1 heterocycles. The van der Waals surface area contributed by atoms with E-state index in [0.29, 0.717) is 4.20 Å². The van der Waals surface area contributed by atoms with Crippen molar-refractivity contribution in [2.45, 2.75) is 6.18 Å². The Labute approximate surface area is 118 Å². The van der Waals surface area contributed by atoms with Gasteiger partial charge in [0.15, 0.2) is 0 Å². The standard InChI is InChI=1S/C10H10F3N5O2S/c1-17(2)21(19,20)18-15-9(14-16-18)7-3-5-8(6-4-7)10(11,12)13/h3-6H,1-2H3. The highest BCUT2D eigenvalue weighted by molar-refractivity contribution is 7.87. The van der Waals surface area contributed by atoms with Crippen LogP contribution in [0.5, 0.6) is 0 Å². The maximum absolute atomic E-state index is 12.4. The second-order valence-electron chi connectivity index (χ2n) is 4.20. The van der Waals surface area contributed by atoms with E-state index in [1.165, 1.54) is 14.1 Å². The molecule has 0 atom stereocenters. The van der Waals surface area contributed by atoms with Crippen LogP contribution in [0.15, 0.2) is 24.3 Å². The number of aromatic nitrogens is 4. The Balaban J connectivity index is 2.35. The van der Waals surface area contributed by atoms with E-state index in [2.05, 4.69) is 15.4 Å². The Morgan fingerprint density at radius 1 is 1.14 bits per heavy atom. The van der Waals surface area contributed by atoms with E-state index in [9.17, 15) is 21.6 Å². The fraction of sp³-hybridized carbons (Fsp3) is 0.300. The van der Waals surface area contributed by atoms with E-state index >= 15 is 0 Å². The summed E-state index contributed by atoms with van der Waals surface area (Å²) in [5.74, 6) is -0.0888. The molecule has 0 aliphatic carbocycles. The van der Waals surface area contributed by atoms with Crippen LogP contribution in [0.2, 0.25) is 0 Å². The Hall–Kier alpha value is -2.01. The number of tetrazole rings is 1. The number of hydrogen-bond acceptors (Lipinski definition) is 5. The molecule has 2 rings (SSSR count). The van der Waals surface area contributed by atoms with Gasteiger partial charge in [0.05, 0.1) is 5.56 Å². The fourth-order valence-corrected chi connectivity index (χ4v) is 1.97. The molecule has 11 heteroatoms. The lowest BCUT2D eigenvalue weighted by Gasteiger charge is -2.07. The zero-order valence-electron chi connectivity index (χ0n) is 10.9.